The van der Waals surface area contributed by atoms with Gasteiger partial charge in [0.15, 0.2) is 11.0 Å². The van der Waals surface area contributed by atoms with Crippen LogP contribution >= 0.6 is 11.6 Å². The van der Waals surface area contributed by atoms with E-state index in [4.69, 9.17) is 11.6 Å². The van der Waals surface area contributed by atoms with E-state index in [1.54, 1.807) is 31.2 Å². The third-order valence-electron chi connectivity index (χ3n) is 3.20. The standard InChI is InChI=1S/C15H12ClN3O2S/c1-10-9-14(17-18-15(10)16)19-22(20,21)13-8-4-6-11-5-2-3-7-12(11)13/h2-9H,1H3,(H,17,19). The summed E-state index contributed by atoms with van der Waals surface area (Å²) >= 11 is 5.80. The van der Waals surface area contributed by atoms with Crippen molar-refractivity contribution in [1.29, 1.82) is 0 Å². The molecule has 0 spiro atoms. The molecule has 5 nitrogen and oxygen atoms in total. The van der Waals surface area contributed by atoms with Gasteiger partial charge >= 0.3 is 0 Å². The number of halogens is 1. The lowest BCUT2D eigenvalue weighted by Gasteiger charge is -2.10. The van der Waals surface area contributed by atoms with E-state index in [9.17, 15) is 8.42 Å². The van der Waals surface area contributed by atoms with E-state index in [-0.39, 0.29) is 15.9 Å². The van der Waals surface area contributed by atoms with E-state index < -0.39 is 10.0 Å². The molecule has 112 valence electrons. The number of aryl methyl sites for hydroxylation is 1. The van der Waals surface area contributed by atoms with Crippen LogP contribution in [0.3, 0.4) is 0 Å². The Labute approximate surface area is 133 Å². The molecule has 0 atom stereocenters. The van der Waals surface area contributed by atoms with Crippen LogP contribution in [0, 0.1) is 6.92 Å². The van der Waals surface area contributed by atoms with Crippen molar-refractivity contribution >= 4 is 38.2 Å². The first-order valence-corrected chi connectivity index (χ1v) is 8.34. The lowest BCUT2D eigenvalue weighted by molar-refractivity contribution is 0.601. The lowest BCUT2D eigenvalue weighted by Crippen LogP contribution is -2.15. The number of sulfonamides is 1. The first kappa shape index (κ1) is 14.7. The lowest BCUT2D eigenvalue weighted by atomic mass is 10.1. The highest BCUT2D eigenvalue weighted by Crippen LogP contribution is 2.24. The number of rotatable bonds is 3. The van der Waals surface area contributed by atoms with Crippen LogP contribution in [0.1, 0.15) is 5.56 Å². The maximum atomic E-state index is 12.6. The molecule has 7 heteroatoms. The summed E-state index contributed by atoms with van der Waals surface area (Å²) in [7, 11) is -3.77. The monoisotopic (exact) mass is 333 g/mol. The number of nitrogens with one attached hydrogen (secondary N) is 1. The Morgan fingerprint density at radius 3 is 2.55 bits per heavy atom. The van der Waals surface area contributed by atoms with E-state index in [1.807, 2.05) is 18.2 Å². The van der Waals surface area contributed by atoms with Crippen molar-refractivity contribution in [3.8, 4) is 0 Å². The van der Waals surface area contributed by atoms with Crippen molar-refractivity contribution in [3.63, 3.8) is 0 Å². The van der Waals surface area contributed by atoms with Gasteiger partial charge in [-0.2, -0.15) is 0 Å². The van der Waals surface area contributed by atoms with Gasteiger partial charge in [-0.3, -0.25) is 4.72 Å². The second kappa shape index (κ2) is 5.55. The second-order valence-electron chi connectivity index (χ2n) is 4.79. The van der Waals surface area contributed by atoms with E-state index in [1.165, 1.54) is 6.07 Å². The van der Waals surface area contributed by atoms with Crippen LogP contribution in [0.5, 0.6) is 0 Å². The van der Waals surface area contributed by atoms with Gasteiger partial charge in [-0.15, -0.1) is 10.2 Å². The molecule has 0 aliphatic rings. The van der Waals surface area contributed by atoms with Crippen molar-refractivity contribution < 1.29 is 8.42 Å². The first-order chi connectivity index (χ1) is 10.5. The Morgan fingerprint density at radius 1 is 1.05 bits per heavy atom. The molecule has 0 saturated heterocycles. The number of aromatic nitrogens is 2. The van der Waals surface area contributed by atoms with E-state index >= 15 is 0 Å². The molecule has 1 aromatic heterocycles. The van der Waals surface area contributed by atoms with Gasteiger partial charge < -0.3 is 0 Å². The highest BCUT2D eigenvalue weighted by Gasteiger charge is 2.18. The summed E-state index contributed by atoms with van der Waals surface area (Å²) in [6, 6.07) is 14.0. The molecule has 1 heterocycles. The SMILES string of the molecule is Cc1cc(NS(=O)(=O)c2cccc3ccccc23)nnc1Cl. The molecule has 0 aliphatic heterocycles. The Balaban J connectivity index is 2.07. The molecule has 0 amide bonds. The van der Waals surface area contributed by atoms with Crippen molar-refractivity contribution in [2.24, 2.45) is 0 Å². The summed E-state index contributed by atoms with van der Waals surface area (Å²) < 4.78 is 27.6. The molecule has 22 heavy (non-hydrogen) atoms. The van der Waals surface area contributed by atoms with Crippen molar-refractivity contribution in [2.75, 3.05) is 4.72 Å². The number of hydrogen-bond acceptors (Lipinski definition) is 4. The molecule has 0 fully saturated rings. The maximum Gasteiger partial charge on any atom is 0.263 e. The smallest absolute Gasteiger partial charge is 0.262 e. The summed E-state index contributed by atoms with van der Waals surface area (Å²) in [6.45, 7) is 1.73. The minimum absolute atomic E-state index is 0.134. The molecular weight excluding hydrogens is 322 g/mol. The predicted molar refractivity (Wildman–Crippen MR) is 86.5 cm³/mol. The highest BCUT2D eigenvalue weighted by atomic mass is 35.5. The van der Waals surface area contributed by atoms with Crippen LogP contribution in [-0.4, -0.2) is 18.6 Å². The number of anilines is 1. The molecule has 3 aromatic rings. The molecular formula is C15H12ClN3O2S. The number of nitrogens with zero attached hydrogens (tertiary/aromatic N) is 2. The van der Waals surface area contributed by atoms with Crippen molar-refractivity contribution in [1.82, 2.24) is 10.2 Å². The molecule has 0 bridgehead atoms. The largest absolute Gasteiger partial charge is 0.263 e. The van der Waals surface area contributed by atoms with Crippen LogP contribution in [0.4, 0.5) is 5.82 Å². The molecule has 1 N–H and O–H groups in total. The number of benzene rings is 2. The Bertz CT molecular complexity index is 953. The zero-order valence-electron chi connectivity index (χ0n) is 11.6. The van der Waals surface area contributed by atoms with Crippen LogP contribution in [0.15, 0.2) is 53.4 Å². The fourth-order valence-electron chi connectivity index (χ4n) is 2.14. The summed E-state index contributed by atoms with van der Waals surface area (Å²) in [5.41, 5.74) is 0.646. The highest BCUT2D eigenvalue weighted by molar-refractivity contribution is 7.93. The third-order valence-corrected chi connectivity index (χ3v) is 4.99. The van der Waals surface area contributed by atoms with Gasteiger partial charge in [0, 0.05) is 5.39 Å². The van der Waals surface area contributed by atoms with Crippen LogP contribution < -0.4 is 4.72 Å². The fraction of sp³-hybridized carbons (Fsp3) is 0.0667. The summed E-state index contributed by atoms with van der Waals surface area (Å²) in [5, 5.41) is 9.21. The Kier molecular flexibility index (Phi) is 3.72. The normalized spacial score (nSPS) is 11.5. The predicted octanol–water partition coefficient (Wildman–Crippen LogP) is 3.39. The van der Waals surface area contributed by atoms with Gasteiger partial charge in [0.1, 0.15) is 0 Å². The number of fused-ring (bicyclic) bond motifs is 1. The van der Waals surface area contributed by atoms with Crippen molar-refractivity contribution in [2.45, 2.75) is 11.8 Å². The van der Waals surface area contributed by atoms with Gasteiger partial charge in [-0.1, -0.05) is 48.0 Å². The molecule has 0 radical (unpaired) electrons. The molecule has 0 aliphatic carbocycles. The average molecular weight is 334 g/mol. The zero-order chi connectivity index (χ0) is 15.7. The minimum Gasteiger partial charge on any atom is -0.262 e. The second-order valence-corrected chi connectivity index (χ2v) is 6.80. The minimum atomic E-state index is -3.77. The van der Waals surface area contributed by atoms with Gasteiger partial charge in [0.25, 0.3) is 10.0 Å². The summed E-state index contributed by atoms with van der Waals surface area (Å²) in [4.78, 5) is 0.194. The molecule has 0 saturated carbocycles. The van der Waals surface area contributed by atoms with Crippen LogP contribution in [-0.2, 0) is 10.0 Å². The van der Waals surface area contributed by atoms with Crippen LogP contribution in [0.25, 0.3) is 10.8 Å². The first-order valence-electron chi connectivity index (χ1n) is 6.48. The number of hydrogen-bond donors (Lipinski definition) is 1. The zero-order valence-corrected chi connectivity index (χ0v) is 13.2. The Hall–Kier alpha value is -2.18. The molecule has 0 unspecified atom stereocenters. The van der Waals surface area contributed by atoms with E-state index in [0.29, 0.717) is 10.9 Å². The van der Waals surface area contributed by atoms with Gasteiger partial charge in [0.2, 0.25) is 0 Å². The maximum absolute atomic E-state index is 12.6. The summed E-state index contributed by atoms with van der Waals surface area (Å²) in [5.74, 6) is 0.134. The molecule has 2 aromatic carbocycles. The fourth-order valence-corrected chi connectivity index (χ4v) is 3.45. The van der Waals surface area contributed by atoms with Crippen molar-refractivity contribution in [3.05, 3.63) is 59.2 Å². The van der Waals surface area contributed by atoms with Crippen LogP contribution in [0.2, 0.25) is 5.15 Å². The van der Waals surface area contributed by atoms with E-state index in [2.05, 4.69) is 14.9 Å². The van der Waals surface area contributed by atoms with E-state index in [0.717, 1.165) is 5.39 Å². The van der Waals surface area contributed by atoms with Gasteiger partial charge in [0.05, 0.1) is 4.90 Å². The topological polar surface area (TPSA) is 72.0 Å². The molecule has 3 rings (SSSR count). The average Bonchev–Trinajstić information content (AvgIpc) is 2.50. The summed E-state index contributed by atoms with van der Waals surface area (Å²) in [6.07, 6.45) is 0. The van der Waals surface area contributed by atoms with Gasteiger partial charge in [-0.25, -0.2) is 8.42 Å². The van der Waals surface area contributed by atoms with Gasteiger partial charge in [-0.05, 0) is 30.0 Å². The quantitative estimate of drug-likeness (QED) is 0.797. The Morgan fingerprint density at radius 2 is 1.77 bits per heavy atom. The third kappa shape index (κ3) is 2.75.